The Kier molecular flexibility index (Phi) is 7.36. The van der Waals surface area contributed by atoms with Crippen molar-refractivity contribution in [2.24, 2.45) is 0 Å². The van der Waals surface area contributed by atoms with E-state index in [9.17, 15) is 13.2 Å². The Morgan fingerprint density at radius 1 is 1.03 bits per heavy atom. The third-order valence-electron chi connectivity index (χ3n) is 6.17. The third-order valence-corrected chi connectivity index (χ3v) is 7.91. The van der Waals surface area contributed by atoms with Crippen LogP contribution in [0.5, 0.6) is 0 Å². The largest absolute Gasteiger partial charge is 0.335 e. The summed E-state index contributed by atoms with van der Waals surface area (Å²) in [6.45, 7) is 0.933. The second-order valence-corrected chi connectivity index (χ2v) is 11.1. The molecular formula is C20H29Cl2N3O3S. The SMILES string of the molecule is CN(C(=O)N[C@H]1CC[C@H](c2cc(Cl)cc(Cl)c2)CC1)C1CCN(S(C)(=O)=O)CC1. The van der Waals surface area contributed by atoms with Crippen LogP contribution in [0.25, 0.3) is 0 Å². The van der Waals surface area contributed by atoms with Crippen molar-refractivity contribution in [2.45, 2.75) is 56.5 Å². The summed E-state index contributed by atoms with van der Waals surface area (Å²) in [6, 6.07) is 5.86. The van der Waals surface area contributed by atoms with Gasteiger partial charge in [-0.1, -0.05) is 23.2 Å². The van der Waals surface area contributed by atoms with Crippen molar-refractivity contribution < 1.29 is 13.2 Å². The summed E-state index contributed by atoms with van der Waals surface area (Å²) < 4.78 is 24.8. The summed E-state index contributed by atoms with van der Waals surface area (Å²) in [5, 5.41) is 4.47. The van der Waals surface area contributed by atoms with Gasteiger partial charge in [0.2, 0.25) is 10.0 Å². The van der Waals surface area contributed by atoms with Gasteiger partial charge in [-0.3, -0.25) is 0 Å². The molecule has 3 rings (SSSR count). The Morgan fingerprint density at radius 3 is 2.10 bits per heavy atom. The molecule has 162 valence electrons. The van der Waals surface area contributed by atoms with E-state index in [2.05, 4.69) is 5.32 Å². The standard InChI is InChI=1S/C20H29Cl2N3O3S/c1-24(19-7-9-25(10-8-19)29(2,27)28)20(26)23-18-5-3-14(4-6-18)15-11-16(21)13-17(22)12-15/h11-14,18-19H,3-10H2,1-2H3,(H,23,26)/t14-,18-. The molecule has 2 aliphatic rings. The number of urea groups is 1. The highest BCUT2D eigenvalue weighted by molar-refractivity contribution is 7.88. The van der Waals surface area contributed by atoms with Gasteiger partial charge in [-0.25, -0.2) is 17.5 Å². The van der Waals surface area contributed by atoms with Crippen molar-refractivity contribution in [3.05, 3.63) is 33.8 Å². The summed E-state index contributed by atoms with van der Waals surface area (Å²) in [5.41, 5.74) is 1.17. The van der Waals surface area contributed by atoms with Gasteiger partial charge in [-0.05, 0) is 68.2 Å². The van der Waals surface area contributed by atoms with Crippen LogP contribution in [0, 0.1) is 0 Å². The van der Waals surface area contributed by atoms with E-state index < -0.39 is 10.0 Å². The van der Waals surface area contributed by atoms with E-state index in [0.29, 0.717) is 41.9 Å². The molecule has 1 aromatic rings. The van der Waals surface area contributed by atoms with E-state index in [4.69, 9.17) is 23.2 Å². The molecule has 0 unspecified atom stereocenters. The maximum atomic E-state index is 12.7. The van der Waals surface area contributed by atoms with Gasteiger partial charge in [0.25, 0.3) is 0 Å². The minimum absolute atomic E-state index is 0.0675. The molecular weight excluding hydrogens is 433 g/mol. The second-order valence-electron chi connectivity index (χ2n) is 8.20. The molecule has 9 heteroatoms. The number of hydrogen-bond acceptors (Lipinski definition) is 3. The topological polar surface area (TPSA) is 69.7 Å². The first kappa shape index (κ1) is 22.7. The molecule has 0 aromatic heterocycles. The van der Waals surface area contributed by atoms with Gasteiger partial charge in [0, 0.05) is 42.3 Å². The maximum Gasteiger partial charge on any atom is 0.317 e. The first-order valence-electron chi connectivity index (χ1n) is 10.1. The van der Waals surface area contributed by atoms with E-state index in [1.807, 2.05) is 12.1 Å². The van der Waals surface area contributed by atoms with Gasteiger partial charge in [-0.2, -0.15) is 0 Å². The number of nitrogens with zero attached hydrogens (tertiary/aromatic N) is 2. The molecule has 0 spiro atoms. The lowest BCUT2D eigenvalue weighted by Gasteiger charge is -2.37. The number of carbonyl (C=O) groups is 1. The minimum Gasteiger partial charge on any atom is -0.335 e. The number of amides is 2. The molecule has 29 heavy (non-hydrogen) atoms. The molecule has 1 N–H and O–H groups in total. The number of carbonyl (C=O) groups excluding carboxylic acids is 1. The highest BCUT2D eigenvalue weighted by atomic mass is 35.5. The Hall–Kier alpha value is -1.02. The fourth-order valence-electron chi connectivity index (χ4n) is 4.39. The number of nitrogens with one attached hydrogen (secondary N) is 1. The van der Waals surface area contributed by atoms with Crippen LogP contribution in [0.4, 0.5) is 4.79 Å². The first-order valence-corrected chi connectivity index (χ1v) is 12.7. The summed E-state index contributed by atoms with van der Waals surface area (Å²) in [6.07, 6.45) is 6.37. The van der Waals surface area contributed by atoms with Gasteiger partial charge >= 0.3 is 6.03 Å². The van der Waals surface area contributed by atoms with Crippen LogP contribution in [0.3, 0.4) is 0 Å². The first-order chi connectivity index (χ1) is 13.6. The Bertz CT molecular complexity index is 813. The predicted octanol–water partition coefficient (Wildman–Crippen LogP) is 4.09. The van der Waals surface area contributed by atoms with Crippen LogP contribution in [0.15, 0.2) is 18.2 Å². The molecule has 1 aliphatic heterocycles. The average molecular weight is 462 g/mol. The van der Waals surface area contributed by atoms with E-state index in [1.165, 1.54) is 16.1 Å². The second kappa shape index (κ2) is 9.41. The van der Waals surface area contributed by atoms with E-state index in [1.54, 1.807) is 18.0 Å². The van der Waals surface area contributed by atoms with E-state index in [0.717, 1.165) is 25.7 Å². The molecule has 0 radical (unpaired) electrons. The molecule has 0 bridgehead atoms. The van der Waals surface area contributed by atoms with Crippen LogP contribution in [0.1, 0.15) is 50.0 Å². The van der Waals surface area contributed by atoms with Crippen LogP contribution in [-0.2, 0) is 10.0 Å². The molecule has 1 saturated heterocycles. The van der Waals surface area contributed by atoms with Crippen molar-refractivity contribution in [3.63, 3.8) is 0 Å². The molecule has 1 saturated carbocycles. The van der Waals surface area contributed by atoms with Crippen LogP contribution < -0.4 is 5.32 Å². The molecule has 2 fully saturated rings. The molecule has 2 amide bonds. The van der Waals surface area contributed by atoms with E-state index in [-0.39, 0.29) is 18.1 Å². The minimum atomic E-state index is -3.15. The van der Waals surface area contributed by atoms with Gasteiger partial charge in [0.05, 0.1) is 6.26 Å². The Morgan fingerprint density at radius 2 is 1.59 bits per heavy atom. The lowest BCUT2D eigenvalue weighted by Crippen LogP contribution is -2.51. The van der Waals surface area contributed by atoms with Gasteiger partial charge in [-0.15, -0.1) is 0 Å². The zero-order chi connectivity index (χ0) is 21.2. The van der Waals surface area contributed by atoms with Crippen LogP contribution >= 0.6 is 23.2 Å². The number of benzene rings is 1. The fourth-order valence-corrected chi connectivity index (χ4v) is 5.80. The molecule has 1 aromatic carbocycles. The number of halogens is 2. The highest BCUT2D eigenvalue weighted by Gasteiger charge is 2.30. The zero-order valence-electron chi connectivity index (χ0n) is 16.9. The van der Waals surface area contributed by atoms with Crippen molar-refractivity contribution in [1.29, 1.82) is 0 Å². The lowest BCUT2D eigenvalue weighted by atomic mass is 9.82. The van der Waals surface area contributed by atoms with Crippen LogP contribution in [0.2, 0.25) is 10.0 Å². The van der Waals surface area contributed by atoms with Crippen molar-refractivity contribution >= 4 is 39.3 Å². The third kappa shape index (κ3) is 6.00. The Labute approximate surface area is 183 Å². The summed E-state index contributed by atoms with van der Waals surface area (Å²) in [7, 11) is -1.35. The van der Waals surface area contributed by atoms with E-state index >= 15 is 0 Å². The van der Waals surface area contributed by atoms with Crippen LogP contribution in [-0.4, -0.2) is 62.1 Å². The molecule has 1 aliphatic carbocycles. The maximum absolute atomic E-state index is 12.7. The normalized spacial score (nSPS) is 24.3. The van der Waals surface area contributed by atoms with Gasteiger partial charge < -0.3 is 10.2 Å². The number of hydrogen-bond donors (Lipinski definition) is 1. The lowest BCUT2D eigenvalue weighted by molar-refractivity contribution is 0.157. The monoisotopic (exact) mass is 461 g/mol. The van der Waals surface area contributed by atoms with Crippen molar-refractivity contribution in [3.8, 4) is 0 Å². The fraction of sp³-hybridized carbons (Fsp3) is 0.650. The highest BCUT2D eigenvalue weighted by Crippen LogP contribution is 2.35. The zero-order valence-corrected chi connectivity index (χ0v) is 19.2. The molecule has 1 heterocycles. The Balaban J connectivity index is 1.47. The van der Waals surface area contributed by atoms with Crippen molar-refractivity contribution in [1.82, 2.24) is 14.5 Å². The quantitative estimate of drug-likeness (QED) is 0.733. The number of sulfonamides is 1. The predicted molar refractivity (Wildman–Crippen MR) is 117 cm³/mol. The number of piperidine rings is 1. The summed E-state index contributed by atoms with van der Waals surface area (Å²) in [5.74, 6) is 0.414. The average Bonchev–Trinajstić information content (AvgIpc) is 2.66. The summed E-state index contributed by atoms with van der Waals surface area (Å²) in [4.78, 5) is 14.4. The van der Waals surface area contributed by atoms with Gasteiger partial charge in [0.15, 0.2) is 0 Å². The molecule has 6 nitrogen and oxygen atoms in total. The number of rotatable bonds is 4. The van der Waals surface area contributed by atoms with Crippen molar-refractivity contribution in [2.75, 3.05) is 26.4 Å². The van der Waals surface area contributed by atoms with Gasteiger partial charge in [0.1, 0.15) is 0 Å². The summed E-state index contributed by atoms with van der Waals surface area (Å²) >= 11 is 12.3. The molecule has 0 atom stereocenters. The smallest absolute Gasteiger partial charge is 0.317 e.